The van der Waals surface area contributed by atoms with Crippen molar-refractivity contribution in [1.82, 2.24) is 0 Å². The highest BCUT2D eigenvalue weighted by molar-refractivity contribution is 7.91. The molecule has 1 aromatic carbocycles. The predicted molar refractivity (Wildman–Crippen MR) is 71.6 cm³/mol. The fourth-order valence-electron chi connectivity index (χ4n) is 1.54. The zero-order valence-corrected chi connectivity index (χ0v) is 12.7. The highest BCUT2D eigenvalue weighted by Gasteiger charge is 2.22. The average molecular weight is 322 g/mol. The standard InChI is InChI=1S/C11H14O7S2/c1-7-8(11(12)13)4-5-9(20(3,16)17)10(7)18-6-19(2,14)15/h4-5H,6H2,1-3H3,(H,12,13). The summed E-state index contributed by atoms with van der Waals surface area (Å²) in [6.45, 7) is 1.36. The van der Waals surface area contributed by atoms with E-state index in [-0.39, 0.29) is 21.8 Å². The minimum atomic E-state index is -3.68. The van der Waals surface area contributed by atoms with E-state index in [2.05, 4.69) is 0 Å². The Balaban J connectivity index is 3.49. The summed E-state index contributed by atoms with van der Waals surface area (Å²) in [5, 5.41) is 8.99. The van der Waals surface area contributed by atoms with E-state index in [1.165, 1.54) is 6.92 Å². The van der Waals surface area contributed by atoms with Crippen LogP contribution in [0.25, 0.3) is 0 Å². The van der Waals surface area contributed by atoms with Gasteiger partial charge in [0.25, 0.3) is 0 Å². The Labute approximate surface area is 117 Å². The van der Waals surface area contributed by atoms with E-state index in [9.17, 15) is 21.6 Å². The normalized spacial score (nSPS) is 12.2. The Bertz CT molecular complexity index is 745. The highest BCUT2D eigenvalue weighted by atomic mass is 32.2. The Morgan fingerprint density at radius 3 is 2.15 bits per heavy atom. The summed E-state index contributed by atoms with van der Waals surface area (Å²) in [6.07, 6.45) is 1.85. The van der Waals surface area contributed by atoms with Crippen LogP contribution in [0.2, 0.25) is 0 Å². The van der Waals surface area contributed by atoms with Gasteiger partial charge in [0.2, 0.25) is 0 Å². The number of sulfone groups is 2. The number of hydrogen-bond acceptors (Lipinski definition) is 6. The molecule has 0 aliphatic heterocycles. The summed E-state index contributed by atoms with van der Waals surface area (Å²) in [6, 6.07) is 2.23. The number of carboxylic acid groups (broad SMARTS) is 1. The molecule has 0 heterocycles. The molecule has 1 aromatic rings. The van der Waals surface area contributed by atoms with Gasteiger partial charge in [0.15, 0.2) is 25.6 Å². The van der Waals surface area contributed by atoms with Crippen LogP contribution < -0.4 is 4.74 Å². The first-order valence-electron chi connectivity index (χ1n) is 5.31. The number of carbonyl (C=O) groups is 1. The van der Waals surface area contributed by atoms with E-state index >= 15 is 0 Å². The maximum absolute atomic E-state index is 11.6. The summed E-state index contributed by atoms with van der Waals surface area (Å²) < 4.78 is 50.5. The fourth-order valence-corrected chi connectivity index (χ4v) is 2.73. The topological polar surface area (TPSA) is 115 Å². The molecule has 0 spiro atoms. The second-order valence-electron chi connectivity index (χ2n) is 4.33. The summed E-state index contributed by atoms with van der Waals surface area (Å²) >= 11 is 0. The molecule has 1 N–H and O–H groups in total. The number of carboxylic acids is 1. The molecule has 0 atom stereocenters. The molecule has 9 heteroatoms. The minimum absolute atomic E-state index is 0.0593. The van der Waals surface area contributed by atoms with Gasteiger partial charge in [-0.2, -0.15) is 0 Å². The van der Waals surface area contributed by atoms with E-state index in [0.717, 1.165) is 24.6 Å². The molecule has 0 aromatic heterocycles. The third-order valence-electron chi connectivity index (χ3n) is 2.42. The van der Waals surface area contributed by atoms with Crippen molar-refractivity contribution in [3.05, 3.63) is 23.3 Å². The van der Waals surface area contributed by atoms with Crippen LogP contribution in [0.5, 0.6) is 5.75 Å². The minimum Gasteiger partial charge on any atom is -0.478 e. The monoisotopic (exact) mass is 322 g/mol. The lowest BCUT2D eigenvalue weighted by atomic mass is 10.1. The molecule has 0 bridgehead atoms. The van der Waals surface area contributed by atoms with Crippen molar-refractivity contribution >= 4 is 25.6 Å². The second kappa shape index (κ2) is 5.41. The zero-order valence-electron chi connectivity index (χ0n) is 11.1. The summed E-state index contributed by atoms with van der Waals surface area (Å²) in [4.78, 5) is 10.8. The zero-order chi connectivity index (χ0) is 15.7. The van der Waals surface area contributed by atoms with E-state index in [1.807, 2.05) is 0 Å². The van der Waals surface area contributed by atoms with Crippen molar-refractivity contribution in [2.75, 3.05) is 18.5 Å². The van der Waals surface area contributed by atoms with Crippen molar-refractivity contribution in [3.8, 4) is 5.75 Å². The van der Waals surface area contributed by atoms with Gasteiger partial charge in [0.1, 0.15) is 10.6 Å². The van der Waals surface area contributed by atoms with Gasteiger partial charge >= 0.3 is 5.97 Å². The highest BCUT2D eigenvalue weighted by Crippen LogP contribution is 2.30. The van der Waals surface area contributed by atoms with Crippen LogP contribution in [0.3, 0.4) is 0 Å². The van der Waals surface area contributed by atoms with Gasteiger partial charge < -0.3 is 9.84 Å². The van der Waals surface area contributed by atoms with Crippen LogP contribution in [0.4, 0.5) is 0 Å². The quantitative estimate of drug-likeness (QED) is 0.838. The molecular formula is C11H14O7S2. The molecule has 20 heavy (non-hydrogen) atoms. The van der Waals surface area contributed by atoms with Crippen LogP contribution in [0.15, 0.2) is 17.0 Å². The van der Waals surface area contributed by atoms with Crippen LogP contribution in [0, 0.1) is 6.92 Å². The number of benzene rings is 1. The third-order valence-corrected chi connectivity index (χ3v) is 4.08. The van der Waals surface area contributed by atoms with Crippen LogP contribution in [-0.4, -0.2) is 46.4 Å². The Morgan fingerprint density at radius 2 is 1.75 bits per heavy atom. The number of rotatable bonds is 5. The van der Waals surface area contributed by atoms with Crippen molar-refractivity contribution in [3.63, 3.8) is 0 Å². The van der Waals surface area contributed by atoms with Gasteiger partial charge in [-0.3, -0.25) is 0 Å². The first kappa shape index (κ1) is 16.4. The second-order valence-corrected chi connectivity index (χ2v) is 8.40. The van der Waals surface area contributed by atoms with Crippen molar-refractivity contribution < 1.29 is 31.5 Å². The van der Waals surface area contributed by atoms with Crippen LogP contribution in [0.1, 0.15) is 15.9 Å². The molecule has 1 rings (SSSR count). The van der Waals surface area contributed by atoms with Crippen molar-refractivity contribution in [2.45, 2.75) is 11.8 Å². The molecule has 0 aliphatic carbocycles. The first-order chi connectivity index (χ1) is 8.93. The molecule has 0 fully saturated rings. The lowest BCUT2D eigenvalue weighted by molar-refractivity contribution is 0.0695. The molecule has 0 amide bonds. The lowest BCUT2D eigenvalue weighted by Gasteiger charge is -2.14. The van der Waals surface area contributed by atoms with Crippen LogP contribution >= 0.6 is 0 Å². The Kier molecular flexibility index (Phi) is 4.45. The molecule has 0 radical (unpaired) electrons. The third kappa shape index (κ3) is 3.94. The van der Waals surface area contributed by atoms with E-state index in [4.69, 9.17) is 9.84 Å². The number of hydrogen-bond donors (Lipinski definition) is 1. The lowest BCUT2D eigenvalue weighted by Crippen LogP contribution is -2.14. The van der Waals surface area contributed by atoms with Gasteiger partial charge in [-0.05, 0) is 19.1 Å². The molecule has 0 unspecified atom stereocenters. The van der Waals surface area contributed by atoms with E-state index in [0.29, 0.717) is 0 Å². The largest absolute Gasteiger partial charge is 0.478 e. The predicted octanol–water partition coefficient (Wildman–Crippen LogP) is 0.478. The summed E-state index contributed by atoms with van der Waals surface area (Å²) in [5.41, 5.74) is -0.0926. The van der Waals surface area contributed by atoms with Crippen molar-refractivity contribution in [2.24, 2.45) is 0 Å². The molecular weight excluding hydrogens is 308 g/mol. The molecule has 112 valence electrons. The molecule has 7 nitrogen and oxygen atoms in total. The van der Waals surface area contributed by atoms with Crippen molar-refractivity contribution in [1.29, 1.82) is 0 Å². The first-order valence-corrected chi connectivity index (χ1v) is 9.26. The van der Waals surface area contributed by atoms with Gasteiger partial charge in [-0.25, -0.2) is 21.6 Å². The van der Waals surface area contributed by atoms with Gasteiger partial charge in [0.05, 0.1) is 5.56 Å². The number of ether oxygens (including phenoxy) is 1. The fraction of sp³-hybridized carbons (Fsp3) is 0.364. The van der Waals surface area contributed by atoms with E-state index in [1.54, 1.807) is 0 Å². The summed E-state index contributed by atoms with van der Waals surface area (Å²) in [5.74, 6) is -2.25. The van der Waals surface area contributed by atoms with Gasteiger partial charge in [-0.15, -0.1) is 0 Å². The maximum atomic E-state index is 11.6. The molecule has 0 saturated carbocycles. The Hall–Kier alpha value is -1.61. The van der Waals surface area contributed by atoms with E-state index < -0.39 is 31.6 Å². The van der Waals surface area contributed by atoms with Gasteiger partial charge in [-0.1, -0.05) is 0 Å². The summed E-state index contributed by atoms with van der Waals surface area (Å²) in [7, 11) is -7.18. The smallest absolute Gasteiger partial charge is 0.336 e. The SMILES string of the molecule is Cc1c(C(=O)O)ccc(S(C)(=O)=O)c1OCS(C)(=O)=O. The molecule has 0 aliphatic rings. The Morgan fingerprint density at radius 1 is 1.20 bits per heavy atom. The average Bonchev–Trinajstić information content (AvgIpc) is 2.23. The van der Waals surface area contributed by atoms with Crippen LogP contribution in [-0.2, 0) is 19.7 Å². The van der Waals surface area contributed by atoms with Gasteiger partial charge in [0, 0.05) is 18.1 Å². The molecule has 0 saturated heterocycles. The maximum Gasteiger partial charge on any atom is 0.336 e. The number of aromatic carboxylic acids is 1.